The van der Waals surface area contributed by atoms with Gasteiger partial charge in [-0.25, -0.2) is 4.98 Å². The molecule has 0 N–H and O–H groups in total. The molecule has 0 saturated carbocycles. The number of hydrogen-bond donors (Lipinski definition) is 0. The highest BCUT2D eigenvalue weighted by Crippen LogP contribution is 2.05. The first-order chi connectivity index (χ1) is 5.84. The molecule has 1 heterocycles. The topological polar surface area (TPSA) is 26.0 Å². The zero-order valence-corrected chi connectivity index (χ0v) is 7.87. The van der Waals surface area contributed by atoms with E-state index in [1.807, 2.05) is 32.9 Å². The maximum absolute atomic E-state index is 4.96. The first-order valence-electron chi connectivity index (χ1n) is 4.04. The van der Waals surface area contributed by atoms with Gasteiger partial charge in [-0.3, -0.25) is 0 Å². The van der Waals surface area contributed by atoms with Gasteiger partial charge >= 0.3 is 0 Å². The van der Waals surface area contributed by atoms with Gasteiger partial charge in [0.1, 0.15) is 11.5 Å². The third-order valence-electron chi connectivity index (χ3n) is 1.17. The van der Waals surface area contributed by atoms with Crippen LogP contribution in [0.15, 0.2) is 29.5 Å². The molecule has 0 aliphatic carbocycles. The summed E-state index contributed by atoms with van der Waals surface area (Å²) in [5.41, 5.74) is 0.861. The van der Waals surface area contributed by atoms with Crippen LogP contribution in [0.5, 0.6) is 0 Å². The average Bonchev–Trinajstić information content (AvgIpc) is 2.51. The Kier molecular flexibility index (Phi) is 5.70. The van der Waals surface area contributed by atoms with Gasteiger partial charge in [-0.1, -0.05) is 32.6 Å². The van der Waals surface area contributed by atoms with Crippen molar-refractivity contribution in [2.75, 3.05) is 0 Å². The highest BCUT2D eigenvalue weighted by molar-refractivity contribution is 5.47. The van der Waals surface area contributed by atoms with Gasteiger partial charge in [-0.05, 0) is 13.0 Å². The Morgan fingerprint density at radius 3 is 2.58 bits per heavy atom. The Morgan fingerprint density at radius 2 is 2.17 bits per heavy atom. The Morgan fingerprint density at radius 1 is 1.50 bits per heavy atom. The minimum absolute atomic E-state index is 0.832. The molecule has 0 aromatic carbocycles. The lowest BCUT2D eigenvalue weighted by molar-refractivity contribution is 0.526. The molecule has 0 atom stereocenters. The van der Waals surface area contributed by atoms with Crippen LogP contribution in [0.4, 0.5) is 0 Å². The van der Waals surface area contributed by atoms with E-state index >= 15 is 0 Å². The summed E-state index contributed by atoms with van der Waals surface area (Å²) in [6, 6.07) is 0. The Labute approximate surface area is 73.6 Å². The number of nitrogens with zero attached hydrogens (tertiary/aromatic N) is 1. The lowest BCUT2D eigenvalue weighted by atomic mass is 10.3. The van der Waals surface area contributed by atoms with E-state index in [4.69, 9.17) is 4.42 Å². The van der Waals surface area contributed by atoms with E-state index in [2.05, 4.69) is 11.6 Å². The van der Waals surface area contributed by atoms with Gasteiger partial charge < -0.3 is 4.42 Å². The van der Waals surface area contributed by atoms with Crippen molar-refractivity contribution in [3.05, 3.63) is 36.6 Å². The van der Waals surface area contributed by atoms with Gasteiger partial charge in [0.2, 0.25) is 0 Å². The summed E-state index contributed by atoms with van der Waals surface area (Å²) in [6.45, 7) is 9.42. The predicted octanol–water partition coefficient (Wildman–Crippen LogP) is 3.21. The van der Waals surface area contributed by atoms with Crippen LogP contribution in [-0.2, 0) is 0 Å². The minimum Gasteiger partial charge on any atom is -0.448 e. The van der Waals surface area contributed by atoms with Crippen molar-refractivity contribution < 1.29 is 4.42 Å². The molecule has 0 radical (unpaired) electrons. The average molecular weight is 165 g/mol. The fraction of sp³-hybridized carbons (Fsp3) is 0.300. The van der Waals surface area contributed by atoms with Crippen LogP contribution < -0.4 is 0 Å². The molecule has 0 spiro atoms. The second-order valence-electron chi connectivity index (χ2n) is 1.89. The van der Waals surface area contributed by atoms with Crippen LogP contribution in [0.2, 0.25) is 0 Å². The van der Waals surface area contributed by atoms with Crippen molar-refractivity contribution in [1.82, 2.24) is 4.98 Å². The van der Waals surface area contributed by atoms with Gasteiger partial charge in [0.25, 0.3) is 0 Å². The lowest BCUT2D eigenvalue weighted by Gasteiger charge is -1.81. The van der Waals surface area contributed by atoms with Crippen molar-refractivity contribution in [2.24, 2.45) is 0 Å². The van der Waals surface area contributed by atoms with E-state index in [-0.39, 0.29) is 0 Å². The summed E-state index contributed by atoms with van der Waals surface area (Å²) in [6.07, 6.45) is 6.81. The molecule has 0 fully saturated rings. The molecule has 0 bridgehead atoms. The molecular weight excluding hydrogens is 150 g/mol. The molecule has 12 heavy (non-hydrogen) atoms. The lowest BCUT2D eigenvalue weighted by Crippen LogP contribution is -1.72. The van der Waals surface area contributed by atoms with Gasteiger partial charge in [0.15, 0.2) is 6.39 Å². The number of allylic oxidation sites excluding steroid dienone is 2. The maximum atomic E-state index is 4.96. The second-order valence-corrected chi connectivity index (χ2v) is 1.89. The molecule has 1 rings (SSSR count). The Balaban J connectivity index is 0.000000561. The van der Waals surface area contributed by atoms with E-state index in [1.54, 1.807) is 6.08 Å². The van der Waals surface area contributed by atoms with Crippen molar-refractivity contribution in [3.8, 4) is 0 Å². The zero-order valence-electron chi connectivity index (χ0n) is 7.87. The Bertz CT molecular complexity index is 248. The normalized spacial score (nSPS) is 9.25. The molecule has 0 amide bonds. The van der Waals surface area contributed by atoms with E-state index in [9.17, 15) is 0 Å². The van der Waals surface area contributed by atoms with E-state index in [1.165, 1.54) is 6.39 Å². The number of hydrogen-bond acceptors (Lipinski definition) is 2. The highest BCUT2D eigenvalue weighted by atomic mass is 16.3. The quantitative estimate of drug-likeness (QED) is 0.629. The van der Waals surface area contributed by atoms with Crippen LogP contribution in [0.25, 0.3) is 6.08 Å². The second kappa shape index (κ2) is 6.40. The zero-order chi connectivity index (χ0) is 9.40. The summed E-state index contributed by atoms with van der Waals surface area (Å²) in [5.74, 6) is 0.832. The molecule has 1 aromatic heterocycles. The van der Waals surface area contributed by atoms with E-state index in [0.717, 1.165) is 11.5 Å². The number of rotatable bonds is 2. The Hall–Kier alpha value is -1.31. The molecule has 1 aromatic rings. The third kappa shape index (κ3) is 3.19. The minimum atomic E-state index is 0.832. The van der Waals surface area contributed by atoms with E-state index in [0.29, 0.717) is 0 Å². The predicted molar refractivity (Wildman–Crippen MR) is 51.8 cm³/mol. The third-order valence-corrected chi connectivity index (χ3v) is 1.17. The summed E-state index contributed by atoms with van der Waals surface area (Å²) in [4.78, 5) is 3.95. The molecule has 0 saturated heterocycles. The van der Waals surface area contributed by atoms with Crippen molar-refractivity contribution in [3.63, 3.8) is 0 Å². The van der Waals surface area contributed by atoms with E-state index < -0.39 is 0 Å². The number of oxazole rings is 1. The maximum Gasteiger partial charge on any atom is 0.181 e. The first kappa shape index (κ1) is 10.7. The molecule has 0 unspecified atom stereocenters. The van der Waals surface area contributed by atoms with Crippen LogP contribution >= 0.6 is 0 Å². The largest absolute Gasteiger partial charge is 0.448 e. The monoisotopic (exact) mass is 165 g/mol. The van der Waals surface area contributed by atoms with Crippen LogP contribution in [0, 0.1) is 6.92 Å². The molecule has 2 nitrogen and oxygen atoms in total. The summed E-state index contributed by atoms with van der Waals surface area (Å²) < 4.78 is 4.96. The molecular formula is C10H15NO. The van der Waals surface area contributed by atoms with Crippen molar-refractivity contribution >= 4 is 6.08 Å². The van der Waals surface area contributed by atoms with Crippen molar-refractivity contribution in [2.45, 2.75) is 20.8 Å². The summed E-state index contributed by atoms with van der Waals surface area (Å²) >= 11 is 0. The number of aryl methyl sites for hydroxylation is 1. The van der Waals surface area contributed by atoms with Crippen LogP contribution in [-0.4, -0.2) is 4.98 Å². The fourth-order valence-corrected chi connectivity index (χ4v) is 0.633. The molecule has 0 aliphatic heterocycles. The molecule has 0 aliphatic rings. The van der Waals surface area contributed by atoms with Crippen LogP contribution in [0.3, 0.4) is 0 Å². The smallest absolute Gasteiger partial charge is 0.181 e. The van der Waals surface area contributed by atoms with Crippen LogP contribution in [0.1, 0.15) is 25.3 Å². The molecule has 2 heteroatoms. The summed E-state index contributed by atoms with van der Waals surface area (Å²) in [5, 5.41) is 0. The van der Waals surface area contributed by atoms with Gasteiger partial charge in [0.05, 0.1) is 0 Å². The standard InChI is InChI=1S/C8H9NO.C2H6/c1-3-4-5-8-7(2)10-6-9-8;1-2/h3-6H,1H2,2H3;1-2H3/b5-4-;. The van der Waals surface area contributed by atoms with Gasteiger partial charge in [-0.15, -0.1) is 0 Å². The first-order valence-corrected chi connectivity index (χ1v) is 4.04. The fourth-order valence-electron chi connectivity index (χ4n) is 0.633. The van der Waals surface area contributed by atoms with Crippen molar-refractivity contribution in [1.29, 1.82) is 0 Å². The molecule has 66 valence electrons. The highest BCUT2D eigenvalue weighted by Gasteiger charge is 1.95. The summed E-state index contributed by atoms with van der Waals surface area (Å²) in [7, 11) is 0. The van der Waals surface area contributed by atoms with Gasteiger partial charge in [0, 0.05) is 0 Å². The van der Waals surface area contributed by atoms with Gasteiger partial charge in [-0.2, -0.15) is 0 Å². The SMILES string of the molecule is C=C/C=C\c1ncoc1C.CC. The number of aromatic nitrogens is 1.